The van der Waals surface area contributed by atoms with Gasteiger partial charge in [0, 0.05) is 12.6 Å². The molecule has 1 heterocycles. The van der Waals surface area contributed by atoms with Gasteiger partial charge in [0.2, 0.25) is 0 Å². The van der Waals surface area contributed by atoms with E-state index in [0.717, 1.165) is 31.6 Å². The molecule has 1 fully saturated rings. The molecular weight excluding hydrogens is 254 g/mol. The van der Waals surface area contributed by atoms with Gasteiger partial charge in [-0.2, -0.15) is 12.6 Å². The molecule has 0 spiro atoms. The third-order valence-electron chi connectivity index (χ3n) is 4.25. The molecule has 0 aliphatic carbocycles. The van der Waals surface area contributed by atoms with Gasteiger partial charge in [0.1, 0.15) is 0 Å². The zero-order chi connectivity index (χ0) is 13.1. The lowest BCUT2D eigenvalue weighted by Crippen LogP contribution is -2.42. The SMILES string of the molecule is CCC(CC)(CS)CN(C)C1CCS(=O)(=O)C1. The van der Waals surface area contributed by atoms with E-state index in [9.17, 15) is 8.42 Å². The summed E-state index contributed by atoms with van der Waals surface area (Å²) in [4.78, 5) is 2.23. The number of rotatable bonds is 6. The number of nitrogens with zero attached hydrogens (tertiary/aromatic N) is 1. The molecule has 0 aromatic carbocycles. The standard InChI is InChI=1S/C12H25NO2S2/c1-4-12(5-2,10-16)9-13(3)11-6-7-17(14,15)8-11/h11,16H,4-10H2,1-3H3. The quantitative estimate of drug-likeness (QED) is 0.754. The van der Waals surface area contributed by atoms with Crippen LogP contribution in [0, 0.1) is 5.41 Å². The van der Waals surface area contributed by atoms with E-state index < -0.39 is 9.84 Å². The first-order valence-electron chi connectivity index (χ1n) is 6.39. The van der Waals surface area contributed by atoms with Gasteiger partial charge in [0.25, 0.3) is 0 Å². The molecule has 17 heavy (non-hydrogen) atoms. The van der Waals surface area contributed by atoms with E-state index in [0.29, 0.717) is 11.5 Å². The van der Waals surface area contributed by atoms with Crippen molar-refractivity contribution < 1.29 is 8.42 Å². The fourth-order valence-electron chi connectivity index (χ4n) is 2.53. The highest BCUT2D eigenvalue weighted by molar-refractivity contribution is 7.91. The van der Waals surface area contributed by atoms with Crippen LogP contribution in [0.1, 0.15) is 33.1 Å². The maximum Gasteiger partial charge on any atom is 0.151 e. The lowest BCUT2D eigenvalue weighted by Gasteiger charge is -2.36. The van der Waals surface area contributed by atoms with Crippen molar-refractivity contribution >= 4 is 22.5 Å². The molecule has 5 heteroatoms. The maximum atomic E-state index is 11.5. The van der Waals surface area contributed by atoms with Crippen LogP contribution < -0.4 is 0 Å². The lowest BCUT2D eigenvalue weighted by atomic mass is 9.83. The number of sulfone groups is 1. The third-order valence-corrected chi connectivity index (χ3v) is 6.67. The van der Waals surface area contributed by atoms with Crippen molar-refractivity contribution in [1.29, 1.82) is 0 Å². The van der Waals surface area contributed by atoms with E-state index in [2.05, 4.69) is 38.4 Å². The van der Waals surface area contributed by atoms with Crippen molar-refractivity contribution in [2.45, 2.75) is 39.2 Å². The Morgan fingerprint density at radius 3 is 2.29 bits per heavy atom. The van der Waals surface area contributed by atoms with Crippen molar-refractivity contribution in [2.75, 3.05) is 30.9 Å². The van der Waals surface area contributed by atoms with Crippen LogP contribution in [0.15, 0.2) is 0 Å². The molecule has 0 N–H and O–H groups in total. The fraction of sp³-hybridized carbons (Fsp3) is 1.00. The van der Waals surface area contributed by atoms with E-state index >= 15 is 0 Å². The highest BCUT2D eigenvalue weighted by Crippen LogP contribution is 2.30. The highest BCUT2D eigenvalue weighted by Gasteiger charge is 2.34. The summed E-state index contributed by atoms with van der Waals surface area (Å²) in [6.45, 7) is 5.33. The Kier molecular flexibility index (Phi) is 5.35. The summed E-state index contributed by atoms with van der Waals surface area (Å²) < 4.78 is 23.0. The average Bonchev–Trinajstić information content (AvgIpc) is 2.67. The van der Waals surface area contributed by atoms with Gasteiger partial charge in [0.15, 0.2) is 9.84 Å². The molecule has 0 radical (unpaired) electrons. The minimum absolute atomic E-state index is 0.206. The van der Waals surface area contributed by atoms with Crippen molar-refractivity contribution in [2.24, 2.45) is 5.41 Å². The minimum Gasteiger partial charge on any atom is -0.302 e. The predicted octanol–water partition coefficient (Wildman–Crippen LogP) is 1.84. The molecule has 102 valence electrons. The number of hydrogen-bond acceptors (Lipinski definition) is 4. The van der Waals surface area contributed by atoms with Gasteiger partial charge in [-0.1, -0.05) is 13.8 Å². The molecule has 0 aromatic rings. The monoisotopic (exact) mass is 279 g/mol. The van der Waals surface area contributed by atoms with Crippen LogP contribution in [0.4, 0.5) is 0 Å². The third kappa shape index (κ3) is 3.86. The van der Waals surface area contributed by atoms with Crippen LogP contribution in [-0.2, 0) is 9.84 Å². The van der Waals surface area contributed by atoms with Gasteiger partial charge in [-0.15, -0.1) is 0 Å². The smallest absolute Gasteiger partial charge is 0.151 e. The van der Waals surface area contributed by atoms with Crippen molar-refractivity contribution in [3.05, 3.63) is 0 Å². The van der Waals surface area contributed by atoms with Gasteiger partial charge in [-0.3, -0.25) is 0 Å². The fourth-order valence-corrected chi connectivity index (χ4v) is 4.88. The molecule has 3 nitrogen and oxygen atoms in total. The first-order chi connectivity index (χ1) is 7.88. The molecule has 1 rings (SSSR count). The van der Waals surface area contributed by atoms with E-state index in [-0.39, 0.29) is 11.5 Å². The second-order valence-corrected chi connectivity index (χ2v) is 7.88. The van der Waals surface area contributed by atoms with Gasteiger partial charge in [-0.05, 0) is 37.5 Å². The minimum atomic E-state index is -2.78. The molecule has 1 aliphatic rings. The summed E-state index contributed by atoms with van der Waals surface area (Å²) in [5.74, 6) is 1.55. The zero-order valence-corrected chi connectivity index (χ0v) is 12.9. The van der Waals surface area contributed by atoms with Crippen molar-refractivity contribution in [3.63, 3.8) is 0 Å². The lowest BCUT2D eigenvalue weighted by molar-refractivity contribution is 0.152. The van der Waals surface area contributed by atoms with Crippen LogP contribution in [0.3, 0.4) is 0 Å². The molecule has 0 aromatic heterocycles. The average molecular weight is 279 g/mol. The van der Waals surface area contributed by atoms with Gasteiger partial charge in [-0.25, -0.2) is 8.42 Å². The second-order valence-electron chi connectivity index (χ2n) is 5.34. The van der Waals surface area contributed by atoms with Crippen LogP contribution >= 0.6 is 12.6 Å². The summed E-state index contributed by atoms with van der Waals surface area (Å²) in [6.07, 6.45) is 2.97. The Morgan fingerprint density at radius 1 is 1.35 bits per heavy atom. The molecule has 0 bridgehead atoms. The van der Waals surface area contributed by atoms with Gasteiger partial charge in [0.05, 0.1) is 11.5 Å². The second kappa shape index (κ2) is 5.93. The molecular formula is C12H25NO2S2. The van der Waals surface area contributed by atoms with Gasteiger partial charge < -0.3 is 4.90 Å². The number of thiol groups is 1. The van der Waals surface area contributed by atoms with E-state index in [1.54, 1.807) is 0 Å². The Hall–Kier alpha value is 0.260. The molecule has 1 aliphatic heterocycles. The van der Waals surface area contributed by atoms with E-state index in [4.69, 9.17) is 0 Å². The Morgan fingerprint density at radius 2 is 1.94 bits per heavy atom. The molecule has 0 amide bonds. The number of hydrogen-bond donors (Lipinski definition) is 1. The molecule has 1 unspecified atom stereocenters. The Bertz CT molecular complexity index is 328. The predicted molar refractivity (Wildman–Crippen MR) is 76.6 cm³/mol. The topological polar surface area (TPSA) is 37.4 Å². The maximum absolute atomic E-state index is 11.5. The summed E-state index contributed by atoms with van der Waals surface area (Å²) in [5, 5.41) is 0. The van der Waals surface area contributed by atoms with Crippen LogP contribution in [-0.4, -0.2) is 50.2 Å². The highest BCUT2D eigenvalue weighted by atomic mass is 32.2. The summed E-state index contributed by atoms with van der Waals surface area (Å²) in [5.41, 5.74) is 0.226. The zero-order valence-electron chi connectivity index (χ0n) is 11.1. The first-order valence-corrected chi connectivity index (χ1v) is 8.85. The summed E-state index contributed by atoms with van der Waals surface area (Å²) in [6, 6.07) is 0.206. The Balaban J connectivity index is 2.62. The molecule has 1 saturated heterocycles. The molecule has 0 saturated carbocycles. The van der Waals surface area contributed by atoms with Crippen LogP contribution in [0.5, 0.6) is 0 Å². The summed E-state index contributed by atoms with van der Waals surface area (Å²) >= 11 is 4.47. The molecule has 1 atom stereocenters. The van der Waals surface area contributed by atoms with Crippen LogP contribution in [0.25, 0.3) is 0 Å². The van der Waals surface area contributed by atoms with Crippen molar-refractivity contribution in [1.82, 2.24) is 4.90 Å². The van der Waals surface area contributed by atoms with E-state index in [1.165, 1.54) is 0 Å². The normalized spacial score (nSPS) is 24.4. The largest absolute Gasteiger partial charge is 0.302 e. The van der Waals surface area contributed by atoms with E-state index in [1.807, 2.05) is 0 Å². The van der Waals surface area contributed by atoms with Crippen molar-refractivity contribution in [3.8, 4) is 0 Å². The van der Waals surface area contributed by atoms with Gasteiger partial charge >= 0.3 is 0 Å². The Labute approximate surface area is 111 Å². The summed E-state index contributed by atoms with van der Waals surface area (Å²) in [7, 11) is -0.726. The van der Waals surface area contributed by atoms with Crippen LogP contribution in [0.2, 0.25) is 0 Å². The first kappa shape index (κ1) is 15.3.